The molecule has 1 aromatic heterocycles. The van der Waals surface area contributed by atoms with Crippen LogP contribution in [-0.2, 0) is 11.2 Å². The molecule has 3 heteroatoms. The van der Waals surface area contributed by atoms with Crippen LogP contribution in [0.15, 0.2) is 11.4 Å². The number of nitrogens with two attached hydrogens (primary N) is 1. The van der Waals surface area contributed by atoms with Crippen molar-refractivity contribution in [3.05, 3.63) is 16.3 Å². The first-order valence-electron chi connectivity index (χ1n) is 2.60. The lowest BCUT2D eigenvalue weighted by molar-refractivity contribution is -0.107. The highest BCUT2D eigenvalue weighted by molar-refractivity contribution is 7.10. The van der Waals surface area contributed by atoms with Crippen LogP contribution in [0.1, 0.15) is 4.88 Å². The fraction of sp³-hybridized carbons (Fsp3) is 0.167. The third kappa shape index (κ3) is 1.29. The third-order valence-corrected chi connectivity index (χ3v) is 2.01. The van der Waals surface area contributed by atoms with Gasteiger partial charge >= 0.3 is 0 Å². The molecule has 0 spiro atoms. The van der Waals surface area contributed by atoms with E-state index in [9.17, 15) is 4.79 Å². The van der Waals surface area contributed by atoms with Gasteiger partial charge in [-0.25, -0.2) is 0 Å². The molecule has 0 fully saturated rings. The van der Waals surface area contributed by atoms with Crippen molar-refractivity contribution in [3.63, 3.8) is 0 Å². The molecule has 9 heavy (non-hydrogen) atoms. The predicted octanol–water partition coefficient (Wildman–Crippen LogP) is 1.07. The Labute approximate surface area is 57.3 Å². The number of carbonyl (C=O) groups excluding carboxylic acids is 1. The number of hydrogen-bond acceptors (Lipinski definition) is 3. The number of thiophene rings is 1. The second kappa shape index (κ2) is 2.64. The van der Waals surface area contributed by atoms with Gasteiger partial charge < -0.3 is 10.5 Å². The summed E-state index contributed by atoms with van der Waals surface area (Å²) in [6, 6.07) is 1.81. The average molecular weight is 141 g/mol. The minimum atomic E-state index is 0.448. The molecule has 0 radical (unpaired) electrons. The number of anilines is 1. The zero-order valence-corrected chi connectivity index (χ0v) is 5.65. The van der Waals surface area contributed by atoms with Gasteiger partial charge in [0.2, 0.25) is 0 Å². The highest BCUT2D eigenvalue weighted by Crippen LogP contribution is 2.17. The van der Waals surface area contributed by atoms with Crippen LogP contribution >= 0.6 is 11.3 Å². The van der Waals surface area contributed by atoms with Crippen LogP contribution in [0.4, 0.5) is 5.69 Å². The number of carbonyl (C=O) groups is 1. The SMILES string of the molecule is Nc1ccsc1CC=O. The monoisotopic (exact) mass is 141 g/mol. The van der Waals surface area contributed by atoms with Gasteiger partial charge in [0, 0.05) is 17.0 Å². The number of rotatable bonds is 2. The van der Waals surface area contributed by atoms with Crippen molar-refractivity contribution < 1.29 is 4.79 Å². The summed E-state index contributed by atoms with van der Waals surface area (Å²) >= 11 is 1.52. The maximum absolute atomic E-state index is 9.98. The fourth-order valence-electron chi connectivity index (χ4n) is 0.592. The summed E-state index contributed by atoms with van der Waals surface area (Å²) in [5, 5.41) is 1.88. The third-order valence-electron chi connectivity index (χ3n) is 1.05. The van der Waals surface area contributed by atoms with Crippen molar-refractivity contribution in [2.75, 3.05) is 5.73 Å². The molecule has 2 N–H and O–H groups in total. The molecule has 0 unspecified atom stereocenters. The molecule has 0 saturated carbocycles. The molecule has 1 heterocycles. The smallest absolute Gasteiger partial charge is 0.125 e. The Morgan fingerprint density at radius 1 is 1.78 bits per heavy atom. The van der Waals surface area contributed by atoms with Gasteiger partial charge in [0.1, 0.15) is 6.29 Å². The Morgan fingerprint density at radius 3 is 3.00 bits per heavy atom. The molecule has 0 saturated heterocycles. The Hall–Kier alpha value is -0.830. The molecule has 1 rings (SSSR count). The minimum absolute atomic E-state index is 0.448. The highest BCUT2D eigenvalue weighted by atomic mass is 32.1. The van der Waals surface area contributed by atoms with E-state index >= 15 is 0 Å². The first-order chi connectivity index (χ1) is 4.34. The van der Waals surface area contributed by atoms with Crippen LogP contribution in [0.2, 0.25) is 0 Å². The molecular formula is C6H7NOS. The van der Waals surface area contributed by atoms with Crippen molar-refractivity contribution in [1.82, 2.24) is 0 Å². The normalized spacial score (nSPS) is 9.33. The van der Waals surface area contributed by atoms with Crippen LogP contribution in [-0.4, -0.2) is 6.29 Å². The fourth-order valence-corrected chi connectivity index (χ4v) is 1.34. The van der Waals surface area contributed by atoms with E-state index in [4.69, 9.17) is 5.73 Å². The lowest BCUT2D eigenvalue weighted by atomic mass is 10.3. The van der Waals surface area contributed by atoms with Gasteiger partial charge in [-0.05, 0) is 11.4 Å². The topological polar surface area (TPSA) is 43.1 Å². The van der Waals surface area contributed by atoms with Gasteiger partial charge in [-0.1, -0.05) is 0 Å². The first kappa shape index (κ1) is 6.29. The molecule has 0 bridgehead atoms. The molecule has 1 aromatic rings. The van der Waals surface area contributed by atoms with Gasteiger partial charge in [0.05, 0.1) is 0 Å². The Balaban J connectivity index is 2.80. The summed E-state index contributed by atoms with van der Waals surface area (Å²) in [4.78, 5) is 10.9. The molecule has 0 amide bonds. The summed E-state index contributed by atoms with van der Waals surface area (Å²) in [7, 11) is 0. The molecular weight excluding hydrogens is 134 g/mol. The predicted molar refractivity (Wildman–Crippen MR) is 38.5 cm³/mol. The van der Waals surface area contributed by atoms with Crippen LogP contribution in [0, 0.1) is 0 Å². The summed E-state index contributed by atoms with van der Waals surface area (Å²) in [6.45, 7) is 0. The summed E-state index contributed by atoms with van der Waals surface area (Å²) in [6.07, 6.45) is 1.31. The number of aldehydes is 1. The van der Waals surface area contributed by atoms with E-state index < -0.39 is 0 Å². The molecule has 48 valence electrons. The lowest BCUT2D eigenvalue weighted by Gasteiger charge is -1.87. The van der Waals surface area contributed by atoms with E-state index in [1.165, 1.54) is 11.3 Å². The van der Waals surface area contributed by atoms with E-state index in [1.54, 1.807) is 0 Å². The maximum Gasteiger partial charge on any atom is 0.125 e. The van der Waals surface area contributed by atoms with Crippen molar-refractivity contribution >= 4 is 23.3 Å². The largest absolute Gasteiger partial charge is 0.398 e. The van der Waals surface area contributed by atoms with Crippen molar-refractivity contribution in [1.29, 1.82) is 0 Å². The van der Waals surface area contributed by atoms with E-state index in [1.807, 2.05) is 11.4 Å². The van der Waals surface area contributed by atoms with Gasteiger partial charge in [-0.3, -0.25) is 0 Å². The maximum atomic E-state index is 9.98. The quantitative estimate of drug-likeness (QED) is 0.626. The van der Waals surface area contributed by atoms with Gasteiger partial charge in [0.15, 0.2) is 0 Å². The van der Waals surface area contributed by atoms with Crippen molar-refractivity contribution in [2.45, 2.75) is 6.42 Å². The molecule has 0 aliphatic carbocycles. The van der Waals surface area contributed by atoms with Crippen molar-refractivity contribution in [3.8, 4) is 0 Å². The standard InChI is InChI=1S/C6H7NOS/c7-5-2-4-9-6(5)1-3-8/h2-4H,1,7H2. The Morgan fingerprint density at radius 2 is 2.56 bits per heavy atom. The van der Waals surface area contributed by atoms with E-state index in [-0.39, 0.29) is 0 Å². The summed E-state index contributed by atoms with van der Waals surface area (Å²) in [5.74, 6) is 0. The lowest BCUT2D eigenvalue weighted by Crippen LogP contribution is -1.88. The van der Waals surface area contributed by atoms with Crippen LogP contribution in [0.3, 0.4) is 0 Å². The average Bonchev–Trinajstić information content (AvgIpc) is 2.18. The molecule has 2 nitrogen and oxygen atoms in total. The first-order valence-corrected chi connectivity index (χ1v) is 3.48. The van der Waals surface area contributed by atoms with Gasteiger partial charge in [0.25, 0.3) is 0 Å². The zero-order valence-electron chi connectivity index (χ0n) is 4.83. The highest BCUT2D eigenvalue weighted by Gasteiger charge is 1.96. The van der Waals surface area contributed by atoms with Crippen molar-refractivity contribution in [2.24, 2.45) is 0 Å². The minimum Gasteiger partial charge on any atom is -0.398 e. The summed E-state index contributed by atoms with van der Waals surface area (Å²) < 4.78 is 0. The van der Waals surface area contributed by atoms with E-state index in [2.05, 4.69) is 0 Å². The molecule has 0 aromatic carbocycles. The van der Waals surface area contributed by atoms with Gasteiger partial charge in [-0.2, -0.15) is 0 Å². The second-order valence-electron chi connectivity index (χ2n) is 1.67. The zero-order chi connectivity index (χ0) is 6.69. The van der Waals surface area contributed by atoms with Crippen LogP contribution in [0.5, 0.6) is 0 Å². The van der Waals surface area contributed by atoms with E-state index in [0.717, 1.165) is 16.9 Å². The molecule has 0 atom stereocenters. The number of nitrogen functional groups attached to an aromatic ring is 1. The number of hydrogen-bond donors (Lipinski definition) is 1. The van der Waals surface area contributed by atoms with Crippen LogP contribution < -0.4 is 5.73 Å². The van der Waals surface area contributed by atoms with Gasteiger partial charge in [-0.15, -0.1) is 11.3 Å². The summed E-state index contributed by atoms with van der Waals surface area (Å²) in [5.41, 5.74) is 6.21. The second-order valence-corrected chi connectivity index (χ2v) is 2.67. The van der Waals surface area contributed by atoms with E-state index in [0.29, 0.717) is 6.42 Å². The Bertz CT molecular complexity index is 207. The Kier molecular flexibility index (Phi) is 1.85. The van der Waals surface area contributed by atoms with Crippen LogP contribution in [0.25, 0.3) is 0 Å². The molecule has 0 aliphatic heterocycles. The molecule has 0 aliphatic rings.